The van der Waals surface area contributed by atoms with Gasteiger partial charge in [0.15, 0.2) is 5.13 Å². The lowest BCUT2D eigenvalue weighted by Gasteiger charge is -2.30. The number of nitrogens with zero attached hydrogens (tertiary/aromatic N) is 1. The van der Waals surface area contributed by atoms with E-state index in [1.165, 1.54) is 25.7 Å². The zero-order chi connectivity index (χ0) is 10.7. The second kappa shape index (κ2) is 5.07. The van der Waals surface area contributed by atoms with Gasteiger partial charge in [-0.25, -0.2) is 4.98 Å². The molecule has 1 aromatic heterocycles. The molecule has 1 aromatic rings. The van der Waals surface area contributed by atoms with E-state index >= 15 is 0 Å². The lowest BCUT2D eigenvalue weighted by Crippen LogP contribution is -2.34. The number of thiazole rings is 1. The predicted octanol–water partition coefficient (Wildman–Crippen LogP) is 2.81. The zero-order valence-corrected chi connectivity index (χ0v) is 10.5. The average molecular weight is 243 g/mol. The number of nitrogen functional groups attached to an aromatic ring is 1. The third-order valence-electron chi connectivity index (χ3n) is 2.84. The van der Waals surface area contributed by atoms with Crippen molar-refractivity contribution >= 4 is 33.2 Å². The number of aromatic nitrogens is 1. The highest BCUT2D eigenvalue weighted by molar-refractivity contribution is 7.99. The van der Waals surface area contributed by atoms with Crippen LogP contribution in [0.15, 0.2) is 6.20 Å². The number of rotatable bonds is 3. The Bertz CT molecular complexity index is 313. The summed E-state index contributed by atoms with van der Waals surface area (Å²) in [5.41, 5.74) is 5.66. The quantitative estimate of drug-likeness (QED) is 0.857. The Kier molecular flexibility index (Phi) is 3.75. The highest BCUT2D eigenvalue weighted by Crippen LogP contribution is 2.30. The van der Waals surface area contributed by atoms with E-state index < -0.39 is 0 Å². The van der Waals surface area contributed by atoms with Gasteiger partial charge in [-0.2, -0.15) is 11.8 Å². The van der Waals surface area contributed by atoms with E-state index in [0.29, 0.717) is 6.04 Å². The SMILES string of the molecule is CSC1CCCCC1Nc1ncc(N)s1. The number of hydrogen-bond acceptors (Lipinski definition) is 5. The molecule has 0 bridgehead atoms. The van der Waals surface area contributed by atoms with Gasteiger partial charge in [0.05, 0.1) is 6.20 Å². The Labute approximate surface area is 98.9 Å². The molecule has 1 aliphatic carbocycles. The number of nitrogens with one attached hydrogen (secondary N) is 1. The van der Waals surface area contributed by atoms with Crippen LogP contribution in [0.25, 0.3) is 0 Å². The molecule has 84 valence electrons. The third-order valence-corrected chi connectivity index (χ3v) is 4.77. The molecule has 0 aliphatic heterocycles. The molecule has 0 spiro atoms. The Balaban J connectivity index is 1.97. The van der Waals surface area contributed by atoms with Gasteiger partial charge in [0, 0.05) is 11.3 Å². The summed E-state index contributed by atoms with van der Waals surface area (Å²) in [6, 6.07) is 0.569. The Morgan fingerprint density at radius 2 is 2.33 bits per heavy atom. The summed E-state index contributed by atoms with van der Waals surface area (Å²) in [5.74, 6) is 0. The minimum Gasteiger partial charge on any atom is -0.389 e. The van der Waals surface area contributed by atoms with Gasteiger partial charge in [0.25, 0.3) is 0 Å². The van der Waals surface area contributed by atoms with Gasteiger partial charge >= 0.3 is 0 Å². The number of anilines is 2. The van der Waals surface area contributed by atoms with Crippen molar-refractivity contribution < 1.29 is 0 Å². The van der Waals surface area contributed by atoms with Gasteiger partial charge in [0.1, 0.15) is 5.00 Å². The maximum Gasteiger partial charge on any atom is 0.184 e. The Hall–Kier alpha value is -0.420. The fourth-order valence-corrected chi connectivity index (χ4v) is 3.64. The molecule has 0 radical (unpaired) electrons. The topological polar surface area (TPSA) is 50.9 Å². The van der Waals surface area contributed by atoms with Crippen LogP contribution in [0.1, 0.15) is 25.7 Å². The standard InChI is InChI=1S/C10H17N3S2/c1-14-8-5-3-2-4-7(8)13-10-12-6-9(11)15-10/h6-8H,2-5,11H2,1H3,(H,12,13). The minimum absolute atomic E-state index is 0.569. The van der Waals surface area contributed by atoms with Crippen molar-refractivity contribution in [2.24, 2.45) is 0 Å². The summed E-state index contributed by atoms with van der Waals surface area (Å²) < 4.78 is 0. The van der Waals surface area contributed by atoms with E-state index in [1.807, 2.05) is 11.8 Å². The first-order valence-electron chi connectivity index (χ1n) is 5.30. The predicted molar refractivity (Wildman–Crippen MR) is 69.7 cm³/mol. The highest BCUT2D eigenvalue weighted by atomic mass is 32.2. The van der Waals surface area contributed by atoms with Crippen LogP contribution in [-0.2, 0) is 0 Å². The van der Waals surface area contributed by atoms with Crippen LogP contribution in [-0.4, -0.2) is 22.5 Å². The first-order chi connectivity index (χ1) is 7.29. The molecular weight excluding hydrogens is 226 g/mol. The normalized spacial score (nSPS) is 26.5. The van der Waals surface area contributed by atoms with E-state index in [9.17, 15) is 0 Å². The van der Waals surface area contributed by atoms with Crippen LogP contribution in [0, 0.1) is 0 Å². The molecule has 1 fully saturated rings. The van der Waals surface area contributed by atoms with Gasteiger partial charge in [-0.05, 0) is 19.1 Å². The molecular formula is C10H17N3S2. The molecule has 1 saturated carbocycles. The fourth-order valence-electron chi connectivity index (χ4n) is 2.06. The van der Waals surface area contributed by atoms with Crippen LogP contribution in [0.5, 0.6) is 0 Å². The lowest BCUT2D eigenvalue weighted by molar-refractivity contribution is 0.475. The maximum atomic E-state index is 5.66. The van der Waals surface area contributed by atoms with Crippen molar-refractivity contribution in [1.29, 1.82) is 0 Å². The number of hydrogen-bond donors (Lipinski definition) is 2. The highest BCUT2D eigenvalue weighted by Gasteiger charge is 2.24. The molecule has 5 heteroatoms. The summed E-state index contributed by atoms with van der Waals surface area (Å²) in [6.07, 6.45) is 9.19. The van der Waals surface area contributed by atoms with Crippen LogP contribution in [0.3, 0.4) is 0 Å². The van der Waals surface area contributed by atoms with Gasteiger partial charge in [-0.15, -0.1) is 0 Å². The number of nitrogens with two attached hydrogens (primary N) is 1. The molecule has 0 saturated heterocycles. The van der Waals surface area contributed by atoms with Gasteiger partial charge in [0.2, 0.25) is 0 Å². The molecule has 2 atom stereocenters. The summed E-state index contributed by atoms with van der Waals surface area (Å²) in [6.45, 7) is 0. The maximum absolute atomic E-state index is 5.66. The molecule has 3 nitrogen and oxygen atoms in total. The lowest BCUT2D eigenvalue weighted by atomic mass is 9.95. The smallest absolute Gasteiger partial charge is 0.184 e. The van der Waals surface area contributed by atoms with Gasteiger partial charge < -0.3 is 11.1 Å². The second-order valence-corrected chi connectivity index (χ2v) is 6.02. The molecule has 3 N–H and O–H groups in total. The van der Waals surface area contributed by atoms with Crippen LogP contribution < -0.4 is 11.1 Å². The average Bonchev–Trinajstić information content (AvgIpc) is 2.65. The summed E-state index contributed by atoms with van der Waals surface area (Å²) in [7, 11) is 0. The first kappa shape index (κ1) is 11.1. The first-order valence-corrected chi connectivity index (χ1v) is 7.40. The van der Waals surface area contributed by atoms with Crippen molar-refractivity contribution in [3.05, 3.63) is 6.20 Å². The molecule has 1 aliphatic rings. The fraction of sp³-hybridized carbons (Fsp3) is 0.700. The molecule has 2 rings (SSSR count). The van der Waals surface area contributed by atoms with Crippen molar-refractivity contribution in [1.82, 2.24) is 4.98 Å². The Morgan fingerprint density at radius 3 is 3.00 bits per heavy atom. The largest absolute Gasteiger partial charge is 0.389 e. The summed E-state index contributed by atoms with van der Waals surface area (Å²) in [4.78, 5) is 4.25. The molecule has 15 heavy (non-hydrogen) atoms. The van der Waals surface area contributed by atoms with E-state index in [1.54, 1.807) is 17.5 Å². The van der Waals surface area contributed by atoms with Gasteiger partial charge in [-0.1, -0.05) is 24.2 Å². The Morgan fingerprint density at radius 1 is 1.53 bits per heavy atom. The molecule has 1 heterocycles. The third kappa shape index (κ3) is 2.78. The van der Waals surface area contributed by atoms with E-state index in [2.05, 4.69) is 16.6 Å². The van der Waals surface area contributed by atoms with Crippen LogP contribution >= 0.6 is 23.1 Å². The van der Waals surface area contributed by atoms with E-state index in [4.69, 9.17) is 5.73 Å². The zero-order valence-electron chi connectivity index (χ0n) is 8.90. The van der Waals surface area contributed by atoms with E-state index in [-0.39, 0.29) is 0 Å². The minimum atomic E-state index is 0.569. The summed E-state index contributed by atoms with van der Waals surface area (Å²) in [5, 5.41) is 5.99. The van der Waals surface area contributed by atoms with Crippen molar-refractivity contribution in [2.45, 2.75) is 37.0 Å². The molecule has 0 amide bonds. The van der Waals surface area contributed by atoms with Crippen molar-refractivity contribution in [3.8, 4) is 0 Å². The summed E-state index contributed by atoms with van der Waals surface area (Å²) >= 11 is 3.50. The van der Waals surface area contributed by atoms with Crippen molar-refractivity contribution in [3.63, 3.8) is 0 Å². The van der Waals surface area contributed by atoms with Crippen molar-refractivity contribution in [2.75, 3.05) is 17.3 Å². The van der Waals surface area contributed by atoms with Crippen LogP contribution in [0.4, 0.5) is 10.1 Å². The van der Waals surface area contributed by atoms with Crippen LogP contribution in [0.2, 0.25) is 0 Å². The molecule has 2 unspecified atom stereocenters. The van der Waals surface area contributed by atoms with E-state index in [0.717, 1.165) is 15.4 Å². The molecule has 0 aromatic carbocycles. The van der Waals surface area contributed by atoms with Gasteiger partial charge in [-0.3, -0.25) is 0 Å². The monoisotopic (exact) mass is 243 g/mol. The second-order valence-electron chi connectivity index (χ2n) is 3.88. The number of thioether (sulfide) groups is 1.